The van der Waals surface area contributed by atoms with E-state index in [1.165, 1.54) is 26.0 Å². The van der Waals surface area contributed by atoms with E-state index >= 15 is 0 Å². The average molecular weight is 744 g/mol. The van der Waals surface area contributed by atoms with Gasteiger partial charge in [-0.25, -0.2) is 12.8 Å². The van der Waals surface area contributed by atoms with E-state index < -0.39 is 56.2 Å². The zero-order valence-electron chi connectivity index (χ0n) is 31.5. The highest BCUT2D eigenvalue weighted by atomic mass is 32.2. The number of hydrogen-bond acceptors (Lipinski definition) is 8. The van der Waals surface area contributed by atoms with Crippen molar-refractivity contribution in [1.82, 2.24) is 26.2 Å². The number of aliphatic hydroxyl groups is 1. The molecule has 52 heavy (non-hydrogen) atoms. The molecule has 0 unspecified atom stereocenters. The average Bonchev–Trinajstić information content (AvgIpc) is 3.06. The second-order valence-corrected chi connectivity index (χ2v) is 18.8. The normalized spacial score (nSPS) is 21.7. The molecule has 4 rings (SSSR count). The second kappa shape index (κ2) is 17.6. The number of rotatable bonds is 15. The third kappa shape index (κ3) is 11.6. The van der Waals surface area contributed by atoms with Gasteiger partial charge in [0.05, 0.1) is 29.5 Å². The number of sulfone groups is 1. The lowest BCUT2D eigenvalue weighted by molar-refractivity contribution is -0.133. The number of benzene rings is 2. The Balaban J connectivity index is 1.55. The first kappa shape index (κ1) is 41.4. The smallest absolute Gasteiger partial charge is 0.244 e. The molecule has 1 saturated carbocycles. The van der Waals surface area contributed by atoms with Crippen molar-refractivity contribution < 1.29 is 32.3 Å². The molecule has 11 nitrogen and oxygen atoms in total. The number of amides is 3. The number of halogens is 1. The maximum atomic E-state index is 14.2. The SMILES string of the molecule is CC(C)(C)NC(=O)[C@@H]1C[C@@H]2CCCC[C@@H]2CN1C[C@@H](O)[C@H](Cc1ccccc1)NC(=O)[C@@H](NC(=O)CNCc1ccc(F)cc1)C(C)(C)S(C)(=O)=O. The highest BCUT2D eigenvalue weighted by Crippen LogP contribution is 2.39. The Morgan fingerprint density at radius 1 is 0.923 bits per heavy atom. The Bertz CT molecular complexity index is 1620. The van der Waals surface area contributed by atoms with Crippen molar-refractivity contribution in [2.24, 2.45) is 11.8 Å². The Kier molecular flexibility index (Phi) is 14.0. The third-order valence-electron chi connectivity index (χ3n) is 10.6. The number of nitrogens with zero attached hydrogens (tertiary/aromatic N) is 1. The predicted octanol–water partition coefficient (Wildman–Crippen LogP) is 3.11. The summed E-state index contributed by atoms with van der Waals surface area (Å²) in [5, 5.41) is 23.6. The van der Waals surface area contributed by atoms with Crippen molar-refractivity contribution in [2.75, 3.05) is 25.9 Å². The first-order chi connectivity index (χ1) is 24.3. The number of β-amino-alcohol motifs (C(OH)–C–C–N with tert-alkyl or cyclic N) is 1. The van der Waals surface area contributed by atoms with Gasteiger partial charge in [0.2, 0.25) is 17.7 Å². The van der Waals surface area contributed by atoms with Crippen molar-refractivity contribution >= 4 is 27.6 Å². The van der Waals surface area contributed by atoms with Crippen molar-refractivity contribution in [3.63, 3.8) is 0 Å². The molecule has 3 amide bonds. The van der Waals surface area contributed by atoms with Crippen LogP contribution in [0.2, 0.25) is 0 Å². The zero-order valence-corrected chi connectivity index (χ0v) is 32.3. The van der Waals surface area contributed by atoms with Gasteiger partial charge in [0.1, 0.15) is 11.9 Å². The molecule has 1 aliphatic carbocycles. The summed E-state index contributed by atoms with van der Waals surface area (Å²) in [6, 6.07) is 12.3. The van der Waals surface area contributed by atoms with Crippen LogP contribution in [0.25, 0.3) is 0 Å². The zero-order chi connectivity index (χ0) is 38.3. The number of aliphatic hydroxyl groups excluding tert-OH is 1. The van der Waals surface area contributed by atoms with Gasteiger partial charge in [0.15, 0.2) is 9.84 Å². The van der Waals surface area contributed by atoms with Crippen LogP contribution in [0.5, 0.6) is 0 Å². The molecule has 288 valence electrons. The summed E-state index contributed by atoms with van der Waals surface area (Å²) in [6.45, 7) is 9.38. The summed E-state index contributed by atoms with van der Waals surface area (Å²) in [5.74, 6) is -0.983. The summed E-state index contributed by atoms with van der Waals surface area (Å²) in [7, 11) is -3.89. The molecule has 0 bridgehead atoms. The number of fused-ring (bicyclic) bond motifs is 1. The van der Waals surface area contributed by atoms with Gasteiger partial charge in [-0.15, -0.1) is 0 Å². The highest BCUT2D eigenvalue weighted by molar-refractivity contribution is 7.92. The van der Waals surface area contributed by atoms with Crippen molar-refractivity contribution in [2.45, 2.75) is 114 Å². The number of carbonyl (C=O) groups excluding carboxylic acids is 3. The van der Waals surface area contributed by atoms with Gasteiger partial charge in [-0.1, -0.05) is 61.7 Å². The quantitative estimate of drug-likeness (QED) is 0.187. The highest BCUT2D eigenvalue weighted by Gasteiger charge is 2.46. The molecule has 2 aromatic carbocycles. The Morgan fingerprint density at radius 2 is 1.56 bits per heavy atom. The van der Waals surface area contributed by atoms with E-state index in [4.69, 9.17) is 0 Å². The maximum Gasteiger partial charge on any atom is 0.244 e. The van der Waals surface area contributed by atoms with Crippen molar-refractivity contribution in [3.05, 3.63) is 71.5 Å². The fourth-order valence-electron chi connectivity index (χ4n) is 7.32. The van der Waals surface area contributed by atoms with Crippen LogP contribution < -0.4 is 21.3 Å². The van der Waals surface area contributed by atoms with Gasteiger partial charge < -0.3 is 26.4 Å². The van der Waals surface area contributed by atoms with Crippen molar-refractivity contribution in [3.8, 4) is 0 Å². The second-order valence-electron chi connectivity index (χ2n) is 16.2. The number of carbonyl (C=O) groups is 3. The Labute approximate surface area is 308 Å². The minimum Gasteiger partial charge on any atom is -0.390 e. The van der Waals surface area contributed by atoms with Crippen LogP contribution in [0.4, 0.5) is 4.39 Å². The van der Waals surface area contributed by atoms with Crippen molar-refractivity contribution in [1.29, 1.82) is 0 Å². The summed E-state index contributed by atoms with van der Waals surface area (Å²) in [4.78, 5) is 43.1. The molecule has 0 aromatic heterocycles. The molecule has 0 radical (unpaired) electrons. The van der Waals surface area contributed by atoms with Crippen LogP contribution in [0.15, 0.2) is 54.6 Å². The minimum atomic E-state index is -3.89. The number of hydrogen-bond donors (Lipinski definition) is 5. The predicted molar refractivity (Wildman–Crippen MR) is 200 cm³/mol. The molecule has 1 heterocycles. The topological polar surface area (TPSA) is 157 Å². The fraction of sp³-hybridized carbons (Fsp3) is 0.615. The van der Waals surface area contributed by atoms with E-state index in [0.717, 1.165) is 43.1 Å². The lowest BCUT2D eigenvalue weighted by atomic mass is 9.72. The fourth-order valence-corrected chi connectivity index (χ4v) is 7.91. The molecule has 1 aliphatic heterocycles. The summed E-state index contributed by atoms with van der Waals surface area (Å²) < 4.78 is 37.6. The van der Waals surface area contributed by atoms with E-state index in [1.807, 2.05) is 51.1 Å². The number of likely N-dealkylation sites (tertiary alicyclic amines) is 1. The van der Waals surface area contributed by atoms with Crippen LogP contribution in [0, 0.1) is 17.7 Å². The van der Waals surface area contributed by atoms with Gasteiger partial charge in [0.25, 0.3) is 0 Å². The van der Waals surface area contributed by atoms with Gasteiger partial charge in [0, 0.05) is 31.4 Å². The number of piperidine rings is 1. The van der Waals surface area contributed by atoms with Gasteiger partial charge in [-0.2, -0.15) is 0 Å². The summed E-state index contributed by atoms with van der Waals surface area (Å²) >= 11 is 0. The monoisotopic (exact) mass is 743 g/mol. The first-order valence-corrected chi connectivity index (χ1v) is 20.3. The standard InChI is InChI=1S/C39H58FN5O6S/c1-38(2,3)44-36(48)32-21-28-14-10-11-15-29(28)24-45(32)25-33(46)31(20-26-12-8-7-9-13-26)42-37(49)35(39(4,5)52(6,50)51)43-34(47)23-41-22-27-16-18-30(40)19-17-27/h7-9,12-13,16-19,28-29,31-33,35,41,46H,10-11,14-15,20-25H2,1-6H3,(H,42,49)(H,43,47)(H,44,48)/t28-,29+,31-,32-,33+,35+/m0/s1. The molecule has 2 aromatic rings. The minimum absolute atomic E-state index is 0.0851. The maximum absolute atomic E-state index is 14.2. The molecule has 1 saturated heterocycles. The molecule has 13 heteroatoms. The van der Waals surface area contributed by atoms with E-state index in [0.29, 0.717) is 24.8 Å². The van der Waals surface area contributed by atoms with Crippen LogP contribution in [0.3, 0.4) is 0 Å². The van der Waals surface area contributed by atoms with Crippen LogP contribution in [-0.2, 0) is 37.2 Å². The molecule has 0 spiro atoms. The summed E-state index contributed by atoms with van der Waals surface area (Å²) in [5.41, 5.74) is 1.15. The van der Waals surface area contributed by atoms with Gasteiger partial charge in [-0.3, -0.25) is 19.3 Å². The largest absolute Gasteiger partial charge is 0.390 e. The molecule has 5 N–H and O–H groups in total. The molecule has 6 atom stereocenters. The van der Waals surface area contributed by atoms with Gasteiger partial charge >= 0.3 is 0 Å². The number of nitrogens with one attached hydrogen (secondary N) is 4. The molecular weight excluding hydrogens is 686 g/mol. The Morgan fingerprint density at radius 3 is 2.17 bits per heavy atom. The lowest BCUT2D eigenvalue weighted by Gasteiger charge is -2.47. The van der Waals surface area contributed by atoms with Crippen LogP contribution in [0.1, 0.15) is 77.8 Å². The molecule has 2 fully saturated rings. The van der Waals surface area contributed by atoms with E-state index in [-0.39, 0.29) is 37.8 Å². The van der Waals surface area contributed by atoms with E-state index in [9.17, 15) is 32.3 Å². The van der Waals surface area contributed by atoms with Crippen LogP contribution in [-0.4, -0.2) is 96.6 Å². The molecule has 2 aliphatic rings. The molecular formula is C39H58FN5O6S. The van der Waals surface area contributed by atoms with Crippen LogP contribution >= 0.6 is 0 Å². The first-order valence-electron chi connectivity index (χ1n) is 18.4. The summed E-state index contributed by atoms with van der Waals surface area (Å²) in [6.07, 6.45) is 5.23. The Hall–Kier alpha value is -3.39. The lowest BCUT2D eigenvalue weighted by Crippen LogP contribution is -2.64. The third-order valence-corrected chi connectivity index (χ3v) is 12.7. The van der Waals surface area contributed by atoms with E-state index in [1.54, 1.807) is 12.1 Å². The van der Waals surface area contributed by atoms with E-state index in [2.05, 4.69) is 26.2 Å². The van der Waals surface area contributed by atoms with Gasteiger partial charge in [-0.05, 0) is 89.0 Å².